The van der Waals surface area contributed by atoms with Crippen molar-refractivity contribution in [1.82, 2.24) is 0 Å². The molecule has 1 N–H and O–H groups in total. The maximum Gasteiger partial charge on any atom is 0.0356 e. The minimum atomic E-state index is 0.127. The third-order valence-electron chi connectivity index (χ3n) is 2.39. The lowest BCUT2D eigenvalue weighted by Gasteiger charge is -2.27. The molecule has 1 rings (SSSR count). The zero-order valence-electron chi connectivity index (χ0n) is 9.80. The molecule has 0 heterocycles. The van der Waals surface area contributed by atoms with Gasteiger partial charge in [-0.15, -0.1) is 6.42 Å². The van der Waals surface area contributed by atoms with Gasteiger partial charge in [0.15, 0.2) is 0 Å². The lowest BCUT2D eigenvalue weighted by Crippen LogP contribution is -2.30. The molecule has 0 spiro atoms. The SMILES string of the molecule is C#Cc1cccc(NC(C)(C)CCC)c1. The molecule has 1 aromatic carbocycles. The highest BCUT2D eigenvalue weighted by atomic mass is 15.0. The first-order chi connectivity index (χ1) is 7.07. The second-order valence-electron chi connectivity index (χ2n) is 4.48. The topological polar surface area (TPSA) is 12.0 Å². The number of hydrogen-bond donors (Lipinski definition) is 1. The summed E-state index contributed by atoms with van der Waals surface area (Å²) in [4.78, 5) is 0. The molecule has 0 saturated carbocycles. The molecule has 1 nitrogen and oxygen atoms in total. The van der Waals surface area contributed by atoms with Crippen molar-refractivity contribution in [3.63, 3.8) is 0 Å². The van der Waals surface area contributed by atoms with Crippen molar-refractivity contribution in [2.75, 3.05) is 5.32 Å². The fraction of sp³-hybridized carbons (Fsp3) is 0.429. The van der Waals surface area contributed by atoms with Gasteiger partial charge >= 0.3 is 0 Å². The van der Waals surface area contributed by atoms with Gasteiger partial charge in [-0.25, -0.2) is 0 Å². The van der Waals surface area contributed by atoms with Crippen molar-refractivity contribution < 1.29 is 0 Å². The van der Waals surface area contributed by atoms with Gasteiger partial charge in [-0.2, -0.15) is 0 Å². The third kappa shape index (κ3) is 3.67. The number of hydrogen-bond acceptors (Lipinski definition) is 1. The zero-order chi connectivity index (χ0) is 11.3. The van der Waals surface area contributed by atoms with Crippen LogP contribution in [-0.4, -0.2) is 5.54 Å². The van der Waals surface area contributed by atoms with E-state index < -0.39 is 0 Å². The van der Waals surface area contributed by atoms with Gasteiger partial charge in [-0.3, -0.25) is 0 Å². The molecule has 0 aliphatic rings. The number of rotatable bonds is 4. The van der Waals surface area contributed by atoms with E-state index >= 15 is 0 Å². The summed E-state index contributed by atoms with van der Waals surface area (Å²) in [7, 11) is 0. The predicted molar refractivity (Wildman–Crippen MR) is 67.0 cm³/mol. The summed E-state index contributed by atoms with van der Waals surface area (Å²) in [6, 6.07) is 7.99. The molecular formula is C14H19N. The number of benzene rings is 1. The zero-order valence-corrected chi connectivity index (χ0v) is 9.80. The van der Waals surface area contributed by atoms with E-state index in [2.05, 4.69) is 38.1 Å². The lowest BCUT2D eigenvalue weighted by atomic mass is 9.98. The van der Waals surface area contributed by atoms with Crippen LogP contribution in [0.15, 0.2) is 24.3 Å². The number of anilines is 1. The molecule has 80 valence electrons. The Morgan fingerprint density at radius 1 is 1.40 bits per heavy atom. The van der Waals surface area contributed by atoms with E-state index in [-0.39, 0.29) is 5.54 Å². The molecular weight excluding hydrogens is 182 g/mol. The van der Waals surface area contributed by atoms with Gasteiger partial charge in [0.05, 0.1) is 0 Å². The Balaban J connectivity index is 2.76. The molecule has 0 bridgehead atoms. The first-order valence-electron chi connectivity index (χ1n) is 5.42. The second-order valence-corrected chi connectivity index (χ2v) is 4.48. The molecule has 0 saturated heterocycles. The van der Waals surface area contributed by atoms with Crippen LogP contribution in [0, 0.1) is 12.3 Å². The minimum absolute atomic E-state index is 0.127. The van der Waals surface area contributed by atoms with E-state index in [0.29, 0.717) is 0 Å². The summed E-state index contributed by atoms with van der Waals surface area (Å²) < 4.78 is 0. The normalized spacial score (nSPS) is 10.8. The standard InChI is InChI=1S/C14H19N/c1-5-10-14(3,4)15-13-9-7-8-12(6-2)11-13/h2,7-9,11,15H,5,10H2,1,3-4H3. The molecule has 15 heavy (non-hydrogen) atoms. The highest BCUT2D eigenvalue weighted by Crippen LogP contribution is 2.20. The largest absolute Gasteiger partial charge is 0.380 e. The van der Waals surface area contributed by atoms with Crippen molar-refractivity contribution in [3.8, 4) is 12.3 Å². The van der Waals surface area contributed by atoms with Gasteiger partial charge in [0.25, 0.3) is 0 Å². The second kappa shape index (κ2) is 4.89. The van der Waals surface area contributed by atoms with Gasteiger partial charge in [-0.05, 0) is 38.5 Å². The van der Waals surface area contributed by atoms with Crippen LogP contribution in [-0.2, 0) is 0 Å². The first-order valence-corrected chi connectivity index (χ1v) is 5.42. The Morgan fingerprint density at radius 2 is 2.13 bits per heavy atom. The Hall–Kier alpha value is -1.42. The molecule has 0 atom stereocenters. The average Bonchev–Trinajstić information content (AvgIpc) is 2.17. The van der Waals surface area contributed by atoms with Gasteiger partial charge in [0.2, 0.25) is 0 Å². The molecule has 0 amide bonds. The van der Waals surface area contributed by atoms with Gasteiger partial charge in [-0.1, -0.05) is 25.3 Å². The number of terminal acetylenes is 1. The summed E-state index contributed by atoms with van der Waals surface area (Å²) in [5, 5.41) is 3.50. The molecule has 1 heteroatoms. The monoisotopic (exact) mass is 201 g/mol. The van der Waals surface area contributed by atoms with E-state index in [4.69, 9.17) is 6.42 Å². The van der Waals surface area contributed by atoms with Gasteiger partial charge < -0.3 is 5.32 Å². The van der Waals surface area contributed by atoms with Crippen LogP contribution < -0.4 is 5.32 Å². The summed E-state index contributed by atoms with van der Waals surface area (Å²) in [6.45, 7) is 6.61. The fourth-order valence-corrected chi connectivity index (χ4v) is 1.76. The quantitative estimate of drug-likeness (QED) is 0.733. The van der Waals surface area contributed by atoms with Crippen LogP contribution in [0.4, 0.5) is 5.69 Å². The van der Waals surface area contributed by atoms with Crippen LogP contribution in [0.5, 0.6) is 0 Å². The van der Waals surface area contributed by atoms with E-state index in [1.165, 1.54) is 6.42 Å². The third-order valence-corrected chi connectivity index (χ3v) is 2.39. The first kappa shape index (κ1) is 11.7. The molecule has 0 aromatic heterocycles. The lowest BCUT2D eigenvalue weighted by molar-refractivity contribution is 0.511. The van der Waals surface area contributed by atoms with Crippen LogP contribution in [0.2, 0.25) is 0 Å². The summed E-state index contributed by atoms with van der Waals surface area (Å²) in [5.41, 5.74) is 2.15. The number of nitrogens with one attached hydrogen (secondary N) is 1. The van der Waals surface area contributed by atoms with E-state index in [1.807, 2.05) is 18.2 Å². The van der Waals surface area contributed by atoms with Crippen LogP contribution in [0.25, 0.3) is 0 Å². The summed E-state index contributed by atoms with van der Waals surface area (Å²) in [6.07, 6.45) is 7.68. The van der Waals surface area contributed by atoms with Crippen molar-refractivity contribution in [3.05, 3.63) is 29.8 Å². The fourth-order valence-electron chi connectivity index (χ4n) is 1.76. The smallest absolute Gasteiger partial charge is 0.0356 e. The highest BCUT2D eigenvalue weighted by Gasteiger charge is 2.15. The van der Waals surface area contributed by atoms with Crippen molar-refractivity contribution in [1.29, 1.82) is 0 Å². The Labute approximate surface area is 92.9 Å². The highest BCUT2D eigenvalue weighted by molar-refractivity contribution is 5.51. The van der Waals surface area contributed by atoms with E-state index in [9.17, 15) is 0 Å². The van der Waals surface area contributed by atoms with Crippen LogP contribution >= 0.6 is 0 Å². The molecule has 0 unspecified atom stereocenters. The molecule has 0 fully saturated rings. The van der Waals surface area contributed by atoms with Crippen molar-refractivity contribution >= 4 is 5.69 Å². The maximum atomic E-state index is 5.36. The van der Waals surface area contributed by atoms with Crippen molar-refractivity contribution in [2.24, 2.45) is 0 Å². The Bertz CT molecular complexity index is 358. The van der Waals surface area contributed by atoms with Gasteiger partial charge in [0.1, 0.15) is 0 Å². The Morgan fingerprint density at radius 3 is 2.73 bits per heavy atom. The maximum absolute atomic E-state index is 5.36. The summed E-state index contributed by atoms with van der Waals surface area (Å²) in [5.74, 6) is 2.65. The molecule has 0 aliphatic heterocycles. The Kier molecular flexibility index (Phi) is 3.80. The van der Waals surface area contributed by atoms with Crippen LogP contribution in [0.1, 0.15) is 39.2 Å². The van der Waals surface area contributed by atoms with Crippen molar-refractivity contribution in [2.45, 2.75) is 39.2 Å². The van der Waals surface area contributed by atoms with Gasteiger partial charge in [0, 0.05) is 16.8 Å². The predicted octanol–water partition coefficient (Wildman–Crippen LogP) is 3.66. The molecule has 0 radical (unpaired) electrons. The van der Waals surface area contributed by atoms with E-state index in [1.54, 1.807) is 0 Å². The van der Waals surface area contributed by atoms with Crippen LogP contribution in [0.3, 0.4) is 0 Å². The molecule has 0 aliphatic carbocycles. The summed E-state index contributed by atoms with van der Waals surface area (Å²) >= 11 is 0. The minimum Gasteiger partial charge on any atom is -0.380 e. The average molecular weight is 201 g/mol. The van der Waals surface area contributed by atoms with E-state index in [0.717, 1.165) is 17.7 Å². The molecule has 1 aromatic rings.